The summed E-state index contributed by atoms with van der Waals surface area (Å²) in [6.07, 6.45) is 3.71. The maximum absolute atomic E-state index is 13.6. The summed E-state index contributed by atoms with van der Waals surface area (Å²) in [7, 11) is 0. The molecule has 1 atom stereocenters. The van der Waals surface area contributed by atoms with Gasteiger partial charge in [-0.15, -0.1) is 0 Å². The number of carbonyl (C=O) groups is 1. The number of aromatic amines is 2. The minimum Gasteiger partial charge on any atom is -0.358 e. The van der Waals surface area contributed by atoms with Crippen LogP contribution in [-0.2, 0) is 4.79 Å². The second-order valence-corrected chi connectivity index (χ2v) is 8.74. The fourth-order valence-electron chi connectivity index (χ4n) is 5.59. The quantitative estimate of drug-likeness (QED) is 0.335. The van der Waals surface area contributed by atoms with Crippen LogP contribution >= 0.6 is 0 Å². The Morgan fingerprint density at radius 3 is 1.84 bits per heavy atom. The Hall–Kier alpha value is -3.85. The molecule has 0 spiro atoms. The van der Waals surface area contributed by atoms with E-state index in [0.29, 0.717) is 0 Å². The van der Waals surface area contributed by atoms with Crippen molar-refractivity contribution < 1.29 is 4.79 Å². The summed E-state index contributed by atoms with van der Waals surface area (Å²) in [5.74, 6) is -0.240. The Balaban J connectivity index is 1.72. The molecule has 3 aromatic carbocycles. The molecule has 2 N–H and O–H groups in total. The van der Waals surface area contributed by atoms with Crippen molar-refractivity contribution in [2.45, 2.75) is 25.7 Å². The van der Waals surface area contributed by atoms with Crippen molar-refractivity contribution in [3.05, 3.63) is 113 Å². The van der Waals surface area contributed by atoms with Gasteiger partial charge in [-0.3, -0.25) is 4.79 Å². The fraction of sp³-hybridized carbons (Fsp3) is 0.138. The fourth-order valence-corrected chi connectivity index (χ4v) is 5.59. The Morgan fingerprint density at radius 2 is 1.22 bits per heavy atom. The summed E-state index contributed by atoms with van der Waals surface area (Å²) in [6, 6.07) is 25.1. The number of aryl methyl sites for hydroxylation is 2. The van der Waals surface area contributed by atoms with E-state index in [0.717, 1.165) is 33.5 Å². The number of ketones is 1. The van der Waals surface area contributed by atoms with Crippen molar-refractivity contribution in [2.24, 2.45) is 0 Å². The van der Waals surface area contributed by atoms with E-state index in [9.17, 15) is 4.79 Å². The molecule has 0 saturated carbocycles. The molecule has 1 aliphatic rings. The van der Waals surface area contributed by atoms with E-state index in [1.54, 1.807) is 6.08 Å². The monoisotopic (exact) mass is 416 g/mol. The van der Waals surface area contributed by atoms with Gasteiger partial charge in [-0.2, -0.15) is 0 Å². The first-order chi connectivity index (χ1) is 15.6. The van der Waals surface area contributed by atoms with E-state index in [4.69, 9.17) is 0 Å². The lowest BCUT2D eigenvalue weighted by atomic mass is 9.70. The number of allylic oxidation sites excluding steroid dienone is 1. The lowest BCUT2D eigenvalue weighted by Gasteiger charge is -2.30. The van der Waals surface area contributed by atoms with Gasteiger partial charge in [-0.05, 0) is 54.3 Å². The van der Waals surface area contributed by atoms with Crippen molar-refractivity contribution in [3.63, 3.8) is 0 Å². The topological polar surface area (TPSA) is 48.6 Å². The Morgan fingerprint density at radius 1 is 0.688 bits per heavy atom. The van der Waals surface area contributed by atoms with Crippen LogP contribution in [-0.4, -0.2) is 15.8 Å². The van der Waals surface area contributed by atoms with Crippen LogP contribution in [0, 0.1) is 13.8 Å². The van der Waals surface area contributed by atoms with Crippen molar-refractivity contribution in [2.75, 3.05) is 0 Å². The second-order valence-electron chi connectivity index (χ2n) is 8.74. The van der Waals surface area contributed by atoms with Gasteiger partial charge in [0.2, 0.25) is 0 Å². The van der Waals surface area contributed by atoms with Crippen molar-refractivity contribution >= 4 is 33.7 Å². The van der Waals surface area contributed by atoms with Gasteiger partial charge in [0.25, 0.3) is 0 Å². The molecular weight excluding hydrogens is 392 g/mol. The number of nitrogens with one attached hydrogen (secondary N) is 2. The number of H-pyrrole nitrogens is 2. The first-order valence-electron chi connectivity index (χ1n) is 11.1. The summed E-state index contributed by atoms with van der Waals surface area (Å²) < 4.78 is 0. The normalized spacial score (nSPS) is 15.7. The first kappa shape index (κ1) is 18.9. The molecule has 0 amide bonds. The average molecular weight is 417 g/mol. The summed E-state index contributed by atoms with van der Waals surface area (Å²) >= 11 is 0. The minimum atomic E-state index is -0.285. The standard InChI is InChI=1S/C29H24N2O/c1-17-26(21-11-5-7-13-23(21)30-17)29(27-18(2)31-24-14-8-6-12-22(24)27)28-20-10-4-3-9-19(20)15-16-25(28)32/h3-16,28-31H,1-2H3. The van der Waals surface area contributed by atoms with Gasteiger partial charge >= 0.3 is 0 Å². The van der Waals surface area contributed by atoms with Gasteiger partial charge in [0, 0.05) is 39.1 Å². The summed E-state index contributed by atoms with van der Waals surface area (Å²) in [4.78, 5) is 20.7. The second kappa shape index (κ2) is 7.10. The highest BCUT2D eigenvalue weighted by Crippen LogP contribution is 2.48. The number of para-hydroxylation sites is 2. The maximum atomic E-state index is 13.6. The molecule has 6 rings (SSSR count). The predicted octanol–water partition coefficient (Wildman–Crippen LogP) is 6.78. The van der Waals surface area contributed by atoms with Gasteiger partial charge in [-0.1, -0.05) is 66.7 Å². The molecule has 3 nitrogen and oxygen atoms in total. The molecule has 32 heavy (non-hydrogen) atoms. The lowest BCUT2D eigenvalue weighted by Crippen LogP contribution is -2.24. The van der Waals surface area contributed by atoms with Crippen LogP contribution in [0.25, 0.3) is 27.9 Å². The Bertz CT molecular complexity index is 1450. The van der Waals surface area contributed by atoms with Crippen molar-refractivity contribution in [1.82, 2.24) is 9.97 Å². The molecule has 0 aliphatic heterocycles. The molecule has 156 valence electrons. The van der Waals surface area contributed by atoms with E-state index in [1.165, 1.54) is 21.9 Å². The van der Waals surface area contributed by atoms with Crippen LogP contribution in [0.5, 0.6) is 0 Å². The number of hydrogen-bond donors (Lipinski definition) is 2. The molecule has 1 unspecified atom stereocenters. The number of carbonyl (C=O) groups excluding carboxylic acids is 1. The largest absolute Gasteiger partial charge is 0.358 e. The summed E-state index contributed by atoms with van der Waals surface area (Å²) in [6.45, 7) is 4.25. The van der Waals surface area contributed by atoms with Crippen LogP contribution < -0.4 is 0 Å². The zero-order valence-electron chi connectivity index (χ0n) is 18.1. The molecular formula is C29H24N2O. The molecule has 0 saturated heterocycles. The highest BCUT2D eigenvalue weighted by molar-refractivity contribution is 6.04. The van der Waals surface area contributed by atoms with Crippen LogP contribution in [0.3, 0.4) is 0 Å². The van der Waals surface area contributed by atoms with Gasteiger partial charge < -0.3 is 9.97 Å². The highest BCUT2D eigenvalue weighted by Gasteiger charge is 2.38. The maximum Gasteiger partial charge on any atom is 0.164 e. The molecule has 0 radical (unpaired) electrons. The number of benzene rings is 3. The van der Waals surface area contributed by atoms with Crippen LogP contribution in [0.4, 0.5) is 0 Å². The highest BCUT2D eigenvalue weighted by atomic mass is 16.1. The van der Waals surface area contributed by atoms with Gasteiger partial charge in [0.05, 0.1) is 5.92 Å². The third-order valence-corrected chi connectivity index (χ3v) is 6.91. The zero-order valence-corrected chi connectivity index (χ0v) is 18.1. The van der Waals surface area contributed by atoms with Gasteiger partial charge in [0.15, 0.2) is 5.78 Å². The first-order valence-corrected chi connectivity index (χ1v) is 11.1. The van der Waals surface area contributed by atoms with E-state index in [2.05, 4.69) is 84.5 Å². The van der Waals surface area contributed by atoms with Gasteiger partial charge in [-0.25, -0.2) is 0 Å². The smallest absolute Gasteiger partial charge is 0.164 e. The number of rotatable bonds is 3. The molecule has 5 aromatic rings. The van der Waals surface area contributed by atoms with Gasteiger partial charge in [0.1, 0.15) is 0 Å². The molecule has 2 heterocycles. The third kappa shape index (κ3) is 2.71. The van der Waals surface area contributed by atoms with E-state index >= 15 is 0 Å². The SMILES string of the molecule is Cc1[nH]c2ccccc2c1C(c1c(C)[nH]c2ccccc12)C1C(=O)C=Cc2ccccc21. The van der Waals surface area contributed by atoms with E-state index in [1.807, 2.05) is 18.2 Å². The summed E-state index contributed by atoms with van der Waals surface area (Å²) in [5.41, 5.74) is 9.07. The molecule has 0 bridgehead atoms. The van der Waals surface area contributed by atoms with Crippen LogP contribution in [0.2, 0.25) is 0 Å². The Labute approximate surface area is 186 Å². The van der Waals surface area contributed by atoms with Crippen LogP contribution in [0.15, 0.2) is 78.9 Å². The van der Waals surface area contributed by atoms with E-state index in [-0.39, 0.29) is 17.6 Å². The lowest BCUT2D eigenvalue weighted by molar-refractivity contribution is -0.116. The third-order valence-electron chi connectivity index (χ3n) is 6.91. The molecule has 0 fully saturated rings. The molecule has 2 aromatic heterocycles. The minimum absolute atomic E-state index is 0.110. The average Bonchev–Trinajstić information content (AvgIpc) is 3.31. The summed E-state index contributed by atoms with van der Waals surface area (Å²) in [5, 5.41) is 2.36. The predicted molar refractivity (Wildman–Crippen MR) is 131 cm³/mol. The van der Waals surface area contributed by atoms with Crippen LogP contribution in [0.1, 0.15) is 45.5 Å². The Kier molecular flexibility index (Phi) is 4.19. The molecule has 1 aliphatic carbocycles. The number of hydrogen-bond acceptors (Lipinski definition) is 1. The number of aromatic nitrogens is 2. The van der Waals surface area contributed by atoms with E-state index < -0.39 is 0 Å². The molecule has 3 heteroatoms. The zero-order chi connectivity index (χ0) is 21.8. The van der Waals surface area contributed by atoms with Crippen molar-refractivity contribution in [3.8, 4) is 0 Å². The number of fused-ring (bicyclic) bond motifs is 3. The van der Waals surface area contributed by atoms with Crippen molar-refractivity contribution in [1.29, 1.82) is 0 Å².